The third-order valence-electron chi connectivity index (χ3n) is 12.9. The first-order chi connectivity index (χ1) is 41.6. The molecule has 10 aromatic rings. The Morgan fingerprint density at radius 3 is 1.36 bits per heavy atom. The molecule has 20 heteroatoms. The second-order valence-electron chi connectivity index (χ2n) is 31.3. The fourth-order valence-corrected chi connectivity index (χ4v) is 8.38. The van der Waals surface area contributed by atoms with Crippen molar-refractivity contribution in [2.75, 3.05) is 0 Å². The Balaban J connectivity index is 0.000000350. The Kier molecular flexibility index (Phi) is 29.7. The SMILES string of the molecule is CC(C)(C)c1[nH]nc2ccccc12.CC(C)(C)c1ccn[nH]1.CC(C)(C)c1ccncn1.CC(C)(C)c1cnccn1.CC(C)(C)c1ncccn1.CC(C)(C)c1nccs1.Cn1cc(C(C)(C)C)nn1.Cn1ccnc1C(C)(C)C.Cn1nncc1C(C)(C)C. The highest BCUT2D eigenvalue weighted by Crippen LogP contribution is 2.28. The molecule has 0 aliphatic heterocycles. The van der Waals surface area contributed by atoms with Crippen molar-refractivity contribution in [1.82, 2.24) is 94.8 Å². The maximum atomic E-state index is 4.26. The minimum Gasteiger partial charge on any atom is -0.338 e. The third kappa shape index (κ3) is 29.8. The number of aromatic nitrogens is 19. The van der Waals surface area contributed by atoms with E-state index in [9.17, 15) is 0 Å². The number of thiazole rings is 1. The largest absolute Gasteiger partial charge is 0.338 e. The Hall–Kier alpha value is -7.74. The number of imidazole rings is 1. The van der Waals surface area contributed by atoms with Crippen LogP contribution in [0.25, 0.3) is 10.9 Å². The number of aromatic amines is 2. The summed E-state index contributed by atoms with van der Waals surface area (Å²) < 4.78 is 5.58. The van der Waals surface area contributed by atoms with Gasteiger partial charge in [0.1, 0.15) is 18.0 Å². The van der Waals surface area contributed by atoms with Crippen LogP contribution in [0.4, 0.5) is 0 Å². The summed E-state index contributed by atoms with van der Waals surface area (Å²) in [6.45, 7) is 57.9. The highest BCUT2D eigenvalue weighted by Gasteiger charge is 2.22. The van der Waals surface area contributed by atoms with Crippen LogP contribution in [0, 0.1) is 0 Å². The quantitative estimate of drug-likeness (QED) is 0.144. The standard InChI is InChI=1S/C11H14N2.C8H14N2.3C8H12N2.2C7H13N3.C7H12N2.C7H11NS/c1-11(2,3)10-8-6-4-5-7-9(8)12-13-10;1-8(2,3)7-9-5-6-10(7)4;1-8(2,3)7-6-9-4-5-10-7;1-8(2,3)7-4-5-9-6-10-7;1-8(2,3)7-9-5-4-6-10-7;1-7(2,3)6-5-10(4)9-8-6;1-7(2,3)6-5-8-9-10(6)4;1-7(2,3)6-4-5-8-9-6;1-7(2,3)6-8-4-5-9-6/h4-7H,1-3H3,(H,12,13);5-6H,1-4H3;3*4-6H,1-3H3;2*5H,1-4H3;4-5H,1-3H3,(H,8,9);4-5H,1-3H3. The second-order valence-corrected chi connectivity index (χ2v) is 32.2. The van der Waals surface area contributed by atoms with Gasteiger partial charge >= 0.3 is 0 Å². The predicted octanol–water partition coefficient (Wildman–Crippen LogP) is 16.3. The minimum absolute atomic E-state index is 0.0707. The number of hydrogen-bond donors (Lipinski definition) is 2. The van der Waals surface area contributed by atoms with E-state index in [1.54, 1.807) is 76.6 Å². The van der Waals surface area contributed by atoms with Gasteiger partial charge in [-0.1, -0.05) is 216 Å². The topological polar surface area (TPSA) is 227 Å². The van der Waals surface area contributed by atoms with Crippen LogP contribution in [0.15, 0.2) is 129 Å². The Bertz CT molecular complexity index is 3290. The molecular formula is C71H113N19S. The van der Waals surface area contributed by atoms with Gasteiger partial charge in [0.15, 0.2) is 0 Å². The first kappa shape index (κ1) is 79.4. The number of aryl methyl sites for hydroxylation is 3. The molecule has 0 radical (unpaired) electrons. The molecule has 0 unspecified atom stereocenters. The summed E-state index contributed by atoms with van der Waals surface area (Å²) in [5, 5.41) is 34.1. The van der Waals surface area contributed by atoms with Gasteiger partial charge in [0.05, 0.1) is 33.8 Å². The molecule has 0 amide bonds. The van der Waals surface area contributed by atoms with Gasteiger partial charge in [-0.05, 0) is 24.3 Å². The van der Waals surface area contributed by atoms with Gasteiger partial charge in [-0.15, -0.1) is 21.5 Å². The fraction of sp³-hybridized carbons (Fsp3) is 0.549. The lowest BCUT2D eigenvalue weighted by molar-refractivity contribution is 0.520. The highest BCUT2D eigenvalue weighted by atomic mass is 32.1. The number of para-hydroxylation sites is 1. The lowest BCUT2D eigenvalue weighted by atomic mass is 9.90. The van der Waals surface area contributed by atoms with E-state index < -0.39 is 0 Å². The van der Waals surface area contributed by atoms with Crippen LogP contribution < -0.4 is 0 Å². The summed E-state index contributed by atoms with van der Waals surface area (Å²) in [4.78, 5) is 32.9. The molecule has 0 saturated heterocycles. The summed E-state index contributed by atoms with van der Waals surface area (Å²) in [5.74, 6) is 2.03. The minimum atomic E-state index is 0.0707. The normalized spacial score (nSPS) is 11.8. The molecule has 0 saturated carbocycles. The Morgan fingerprint density at radius 2 is 1.05 bits per heavy atom. The van der Waals surface area contributed by atoms with E-state index in [-0.39, 0.29) is 48.7 Å². The molecule has 10 rings (SSSR count). The Morgan fingerprint density at radius 1 is 0.440 bits per heavy atom. The van der Waals surface area contributed by atoms with Crippen LogP contribution in [0.1, 0.15) is 238 Å². The van der Waals surface area contributed by atoms with Crippen molar-refractivity contribution >= 4 is 22.2 Å². The zero-order chi connectivity index (χ0) is 69.5. The van der Waals surface area contributed by atoms with E-state index in [1.807, 2.05) is 87.7 Å². The second kappa shape index (κ2) is 34.1. The van der Waals surface area contributed by atoms with Crippen molar-refractivity contribution in [2.45, 2.75) is 236 Å². The van der Waals surface area contributed by atoms with Crippen LogP contribution in [-0.4, -0.2) is 94.8 Å². The van der Waals surface area contributed by atoms with Crippen molar-refractivity contribution in [1.29, 1.82) is 0 Å². The van der Waals surface area contributed by atoms with Gasteiger partial charge in [0.2, 0.25) is 0 Å². The van der Waals surface area contributed by atoms with E-state index in [4.69, 9.17) is 0 Å². The highest BCUT2D eigenvalue weighted by molar-refractivity contribution is 7.09. The lowest BCUT2D eigenvalue weighted by Gasteiger charge is -2.17. The number of fused-ring (bicyclic) bond motifs is 1. The van der Waals surface area contributed by atoms with Gasteiger partial charge in [-0.25, -0.2) is 29.9 Å². The summed E-state index contributed by atoms with van der Waals surface area (Å²) >= 11 is 1.72. The molecule has 0 aliphatic carbocycles. The van der Waals surface area contributed by atoms with E-state index >= 15 is 0 Å². The number of rotatable bonds is 0. The average molecular weight is 1260 g/mol. The summed E-state index contributed by atoms with van der Waals surface area (Å²) in [6, 6.07) is 14.0. The third-order valence-corrected chi connectivity index (χ3v) is 14.1. The van der Waals surface area contributed by atoms with Crippen molar-refractivity contribution in [3.63, 3.8) is 0 Å². The molecule has 9 heterocycles. The van der Waals surface area contributed by atoms with Crippen molar-refractivity contribution in [3.05, 3.63) is 179 Å². The molecule has 1 aromatic carbocycles. The van der Waals surface area contributed by atoms with Gasteiger partial charge in [-0.3, -0.25) is 29.5 Å². The molecule has 91 heavy (non-hydrogen) atoms. The number of nitrogens with one attached hydrogen (secondary N) is 2. The number of hydrogen-bond acceptors (Lipinski definition) is 15. The van der Waals surface area contributed by atoms with E-state index in [0.29, 0.717) is 0 Å². The van der Waals surface area contributed by atoms with Gasteiger partial charge in [0, 0.05) is 166 Å². The number of benzene rings is 1. The fourth-order valence-electron chi connectivity index (χ4n) is 7.65. The summed E-state index contributed by atoms with van der Waals surface area (Å²) in [7, 11) is 5.81. The molecule has 0 spiro atoms. The zero-order valence-electron chi connectivity index (χ0n) is 61.1. The van der Waals surface area contributed by atoms with E-state index in [1.165, 1.54) is 21.8 Å². The van der Waals surface area contributed by atoms with Crippen molar-refractivity contribution in [3.8, 4) is 0 Å². The Labute approximate surface area is 550 Å². The van der Waals surface area contributed by atoms with E-state index in [2.05, 4.69) is 278 Å². The monoisotopic (exact) mass is 1260 g/mol. The summed E-state index contributed by atoms with van der Waals surface area (Å²) in [5.41, 5.74) is 9.10. The van der Waals surface area contributed by atoms with Crippen LogP contribution in [0.2, 0.25) is 0 Å². The van der Waals surface area contributed by atoms with Gasteiger partial charge in [-0.2, -0.15) is 10.2 Å². The molecule has 2 N–H and O–H groups in total. The van der Waals surface area contributed by atoms with Crippen LogP contribution in [0.3, 0.4) is 0 Å². The molecule has 0 fully saturated rings. The van der Waals surface area contributed by atoms with E-state index in [0.717, 1.165) is 39.9 Å². The molecule has 0 atom stereocenters. The average Bonchev–Trinajstić information content (AvgIpc) is 2.10. The zero-order valence-corrected chi connectivity index (χ0v) is 62.0. The first-order valence-corrected chi connectivity index (χ1v) is 31.9. The molecule has 0 bridgehead atoms. The first-order valence-electron chi connectivity index (χ1n) is 31.0. The molecule has 19 nitrogen and oxygen atoms in total. The molecular weight excluding hydrogens is 1150 g/mol. The van der Waals surface area contributed by atoms with Crippen LogP contribution in [-0.2, 0) is 69.9 Å². The number of H-pyrrole nitrogens is 2. The van der Waals surface area contributed by atoms with Crippen molar-refractivity contribution in [2.24, 2.45) is 21.1 Å². The molecule has 0 aliphatic rings. The molecule has 498 valence electrons. The van der Waals surface area contributed by atoms with Crippen molar-refractivity contribution < 1.29 is 0 Å². The smallest absolute Gasteiger partial charge is 0.133 e. The maximum absolute atomic E-state index is 4.26. The number of nitrogens with zero attached hydrogens (tertiary/aromatic N) is 17. The van der Waals surface area contributed by atoms with Crippen LogP contribution >= 0.6 is 11.3 Å². The summed E-state index contributed by atoms with van der Waals surface area (Å²) in [6.07, 6.45) is 23.3. The van der Waals surface area contributed by atoms with Gasteiger partial charge in [0.25, 0.3) is 0 Å². The van der Waals surface area contributed by atoms with Crippen LogP contribution in [0.5, 0.6) is 0 Å². The maximum Gasteiger partial charge on any atom is 0.133 e. The lowest BCUT2D eigenvalue weighted by Crippen LogP contribution is -2.16. The van der Waals surface area contributed by atoms with Gasteiger partial charge < -0.3 is 4.57 Å². The molecule has 9 aromatic heterocycles. The predicted molar refractivity (Wildman–Crippen MR) is 376 cm³/mol.